The maximum atomic E-state index is 13.2. The fourth-order valence-electron chi connectivity index (χ4n) is 3.26. The number of halogens is 4. The van der Waals surface area contributed by atoms with Gasteiger partial charge in [0.2, 0.25) is 5.91 Å². The Kier molecular flexibility index (Phi) is 8.13. The number of benzene rings is 1. The third-order valence-electron chi connectivity index (χ3n) is 4.83. The summed E-state index contributed by atoms with van der Waals surface area (Å²) in [6.45, 7) is 6.38. The standard InChI is InChI=1S/C22H25F4N5O3/c1-4-33-18-7-6-14(8-19(18)34-5-2)11-30-12-15(10-27-30)28-22(32)13(3)31-17(21(25)26)9-16(29-31)20(23)24/h6-10,12-13,20-21H,4-5,11H2,1-3H3,(H,28,32). The maximum Gasteiger partial charge on any atom is 0.282 e. The van der Waals surface area contributed by atoms with Crippen LogP contribution < -0.4 is 14.8 Å². The van der Waals surface area contributed by atoms with Gasteiger partial charge in [0.15, 0.2) is 11.5 Å². The monoisotopic (exact) mass is 483 g/mol. The molecule has 184 valence electrons. The van der Waals surface area contributed by atoms with Crippen LogP contribution in [0.4, 0.5) is 23.2 Å². The number of carbonyl (C=O) groups excluding carboxylic acids is 1. The van der Waals surface area contributed by atoms with E-state index in [2.05, 4.69) is 15.5 Å². The minimum absolute atomic E-state index is 0.313. The molecule has 1 atom stereocenters. The van der Waals surface area contributed by atoms with Gasteiger partial charge < -0.3 is 14.8 Å². The SMILES string of the molecule is CCOc1ccc(Cn2cc(NC(=O)C(C)n3nc(C(F)F)cc3C(F)F)cn2)cc1OCC. The Morgan fingerprint density at radius 1 is 1.06 bits per heavy atom. The zero-order valence-electron chi connectivity index (χ0n) is 18.8. The van der Waals surface area contributed by atoms with Crippen LogP contribution in [0.15, 0.2) is 36.7 Å². The lowest BCUT2D eigenvalue weighted by Crippen LogP contribution is -2.25. The molecule has 0 saturated heterocycles. The smallest absolute Gasteiger partial charge is 0.282 e. The van der Waals surface area contributed by atoms with Gasteiger partial charge in [-0.05, 0) is 44.5 Å². The third kappa shape index (κ3) is 5.86. The van der Waals surface area contributed by atoms with Gasteiger partial charge in [0, 0.05) is 6.20 Å². The second-order valence-corrected chi connectivity index (χ2v) is 7.28. The van der Waals surface area contributed by atoms with Crippen LogP contribution in [0.25, 0.3) is 0 Å². The van der Waals surface area contributed by atoms with Gasteiger partial charge in [-0.1, -0.05) is 6.07 Å². The van der Waals surface area contributed by atoms with Crippen molar-refractivity contribution < 1.29 is 31.8 Å². The van der Waals surface area contributed by atoms with E-state index in [1.807, 2.05) is 26.0 Å². The van der Waals surface area contributed by atoms with Gasteiger partial charge in [-0.3, -0.25) is 14.2 Å². The first-order valence-corrected chi connectivity index (χ1v) is 10.6. The van der Waals surface area contributed by atoms with E-state index < -0.39 is 36.2 Å². The highest BCUT2D eigenvalue weighted by atomic mass is 19.3. The van der Waals surface area contributed by atoms with E-state index in [4.69, 9.17) is 9.47 Å². The predicted octanol–water partition coefficient (Wildman–Crippen LogP) is 5.00. The van der Waals surface area contributed by atoms with Crippen molar-refractivity contribution in [3.63, 3.8) is 0 Å². The number of carbonyl (C=O) groups is 1. The van der Waals surface area contributed by atoms with Gasteiger partial charge in [0.05, 0.1) is 31.6 Å². The molecule has 0 saturated carbocycles. The number of ether oxygens (including phenoxy) is 2. The molecule has 3 rings (SSSR count). The fourth-order valence-corrected chi connectivity index (χ4v) is 3.26. The lowest BCUT2D eigenvalue weighted by Gasteiger charge is -2.14. The van der Waals surface area contributed by atoms with E-state index >= 15 is 0 Å². The molecule has 12 heteroatoms. The summed E-state index contributed by atoms with van der Waals surface area (Å²) >= 11 is 0. The molecular formula is C22H25F4N5O3. The molecule has 1 N–H and O–H groups in total. The summed E-state index contributed by atoms with van der Waals surface area (Å²) in [4.78, 5) is 12.6. The third-order valence-corrected chi connectivity index (χ3v) is 4.83. The van der Waals surface area contributed by atoms with E-state index in [0.717, 1.165) is 5.56 Å². The molecule has 2 aromatic heterocycles. The van der Waals surface area contributed by atoms with Crippen LogP contribution in [0.2, 0.25) is 0 Å². The second-order valence-electron chi connectivity index (χ2n) is 7.28. The fraction of sp³-hybridized carbons (Fsp3) is 0.409. The predicted molar refractivity (Wildman–Crippen MR) is 116 cm³/mol. The number of anilines is 1. The van der Waals surface area contributed by atoms with Crippen molar-refractivity contribution in [2.45, 2.75) is 46.2 Å². The van der Waals surface area contributed by atoms with Gasteiger partial charge in [0.25, 0.3) is 12.9 Å². The quantitative estimate of drug-likeness (QED) is 0.388. The first-order chi connectivity index (χ1) is 16.2. The molecule has 0 radical (unpaired) electrons. The molecule has 8 nitrogen and oxygen atoms in total. The average Bonchev–Trinajstić information content (AvgIpc) is 3.43. The highest BCUT2D eigenvalue weighted by Crippen LogP contribution is 2.29. The molecule has 0 bridgehead atoms. The summed E-state index contributed by atoms with van der Waals surface area (Å²) in [5.41, 5.74) is -0.384. The Hall–Kier alpha value is -3.57. The number of hydrogen-bond acceptors (Lipinski definition) is 5. The Morgan fingerprint density at radius 3 is 2.41 bits per heavy atom. The normalized spacial score (nSPS) is 12.3. The molecule has 1 unspecified atom stereocenters. The molecule has 0 aliphatic rings. The van der Waals surface area contributed by atoms with Crippen LogP contribution in [0.1, 0.15) is 56.6 Å². The molecule has 34 heavy (non-hydrogen) atoms. The molecule has 0 aliphatic carbocycles. The number of alkyl halides is 4. The van der Waals surface area contributed by atoms with Gasteiger partial charge in [-0.25, -0.2) is 17.6 Å². The van der Waals surface area contributed by atoms with Crippen LogP contribution in [0, 0.1) is 0 Å². The van der Waals surface area contributed by atoms with E-state index in [-0.39, 0.29) is 0 Å². The highest BCUT2D eigenvalue weighted by molar-refractivity contribution is 5.93. The lowest BCUT2D eigenvalue weighted by atomic mass is 10.2. The van der Waals surface area contributed by atoms with E-state index in [1.54, 1.807) is 16.9 Å². The molecule has 2 heterocycles. The lowest BCUT2D eigenvalue weighted by molar-refractivity contribution is -0.119. The maximum absolute atomic E-state index is 13.2. The van der Waals surface area contributed by atoms with Gasteiger partial charge in [-0.15, -0.1) is 0 Å². The van der Waals surface area contributed by atoms with Crippen LogP contribution in [0.3, 0.4) is 0 Å². The van der Waals surface area contributed by atoms with Crippen LogP contribution >= 0.6 is 0 Å². The van der Waals surface area contributed by atoms with Crippen molar-refractivity contribution in [1.82, 2.24) is 19.6 Å². The molecule has 0 fully saturated rings. The van der Waals surface area contributed by atoms with Crippen LogP contribution in [-0.2, 0) is 11.3 Å². The van der Waals surface area contributed by atoms with Crippen LogP contribution in [-0.4, -0.2) is 38.7 Å². The Bertz CT molecular complexity index is 1120. The van der Waals surface area contributed by atoms with Gasteiger partial charge in [0.1, 0.15) is 17.4 Å². The number of hydrogen-bond donors (Lipinski definition) is 1. The number of nitrogens with zero attached hydrogens (tertiary/aromatic N) is 4. The van der Waals surface area contributed by atoms with E-state index in [0.29, 0.717) is 47.7 Å². The summed E-state index contributed by atoms with van der Waals surface area (Å²) < 4.78 is 65.6. The number of aromatic nitrogens is 4. The minimum Gasteiger partial charge on any atom is -0.490 e. The second kappa shape index (κ2) is 11.0. The summed E-state index contributed by atoms with van der Waals surface area (Å²) in [6, 6.07) is 4.85. The van der Waals surface area contributed by atoms with Crippen molar-refractivity contribution in [1.29, 1.82) is 0 Å². The van der Waals surface area contributed by atoms with E-state index in [1.165, 1.54) is 13.1 Å². The molecule has 1 amide bonds. The number of nitrogens with one attached hydrogen (secondary N) is 1. The highest BCUT2D eigenvalue weighted by Gasteiger charge is 2.27. The van der Waals surface area contributed by atoms with Crippen molar-refractivity contribution in [2.24, 2.45) is 0 Å². The number of amides is 1. The molecule has 1 aromatic carbocycles. The average molecular weight is 483 g/mol. The Morgan fingerprint density at radius 2 is 1.76 bits per heavy atom. The first-order valence-electron chi connectivity index (χ1n) is 10.6. The van der Waals surface area contributed by atoms with Crippen molar-refractivity contribution in [3.05, 3.63) is 53.6 Å². The molecule has 0 spiro atoms. The summed E-state index contributed by atoms with van der Waals surface area (Å²) in [6.07, 6.45) is -3.14. The summed E-state index contributed by atoms with van der Waals surface area (Å²) in [5, 5.41) is 10.2. The molecule has 0 aliphatic heterocycles. The Balaban J connectivity index is 1.70. The van der Waals surface area contributed by atoms with E-state index in [9.17, 15) is 22.4 Å². The summed E-state index contributed by atoms with van der Waals surface area (Å²) in [7, 11) is 0. The zero-order valence-corrected chi connectivity index (χ0v) is 18.8. The minimum atomic E-state index is -3.06. The first kappa shape index (κ1) is 25.1. The zero-order chi connectivity index (χ0) is 24.8. The van der Waals surface area contributed by atoms with Gasteiger partial charge >= 0.3 is 0 Å². The Labute approximate surface area is 193 Å². The summed E-state index contributed by atoms with van der Waals surface area (Å²) in [5.74, 6) is 0.533. The molecule has 3 aromatic rings. The van der Waals surface area contributed by atoms with Crippen LogP contribution in [0.5, 0.6) is 11.5 Å². The largest absolute Gasteiger partial charge is 0.490 e. The molecular weight excluding hydrogens is 458 g/mol. The van der Waals surface area contributed by atoms with Crippen molar-refractivity contribution in [2.75, 3.05) is 18.5 Å². The van der Waals surface area contributed by atoms with Gasteiger partial charge in [-0.2, -0.15) is 10.2 Å². The van der Waals surface area contributed by atoms with Crippen molar-refractivity contribution >= 4 is 11.6 Å². The topological polar surface area (TPSA) is 83.2 Å². The van der Waals surface area contributed by atoms with Crippen molar-refractivity contribution in [3.8, 4) is 11.5 Å². The number of rotatable bonds is 11.